The van der Waals surface area contributed by atoms with E-state index in [9.17, 15) is 9.90 Å². The third kappa shape index (κ3) is 6.01. The first-order valence-electron chi connectivity index (χ1n) is 9.86. The van der Waals surface area contributed by atoms with Crippen molar-refractivity contribution < 1.29 is 14.6 Å². The number of imidazole rings is 1. The zero-order valence-corrected chi connectivity index (χ0v) is 16.4. The topological polar surface area (TPSA) is 90.4 Å². The number of rotatable bonds is 11. The summed E-state index contributed by atoms with van der Waals surface area (Å²) in [5.41, 5.74) is 9.91. The lowest BCUT2D eigenvalue weighted by molar-refractivity contribution is -0.150. The van der Waals surface area contributed by atoms with Crippen LogP contribution in [0.25, 0.3) is 11.1 Å². The van der Waals surface area contributed by atoms with Crippen molar-refractivity contribution >= 4 is 5.97 Å². The van der Waals surface area contributed by atoms with Crippen molar-refractivity contribution in [3.8, 4) is 11.1 Å². The summed E-state index contributed by atoms with van der Waals surface area (Å²) >= 11 is 0. The minimum atomic E-state index is -0.995. The number of carboxylic acid groups (broad SMARTS) is 1. The first kappa shape index (κ1) is 20.8. The molecule has 3 aromatic rings. The molecule has 0 amide bonds. The predicted octanol–water partition coefficient (Wildman–Crippen LogP) is 3.15. The number of carbonyl (C=O) groups is 1. The molecule has 0 aliphatic carbocycles. The molecular formula is C23H27N3O3. The van der Waals surface area contributed by atoms with Crippen LogP contribution in [0.15, 0.2) is 67.1 Å². The number of hydrogen-bond donors (Lipinski definition) is 2. The van der Waals surface area contributed by atoms with Crippen molar-refractivity contribution in [1.29, 1.82) is 0 Å². The van der Waals surface area contributed by atoms with Gasteiger partial charge >= 0.3 is 5.97 Å². The van der Waals surface area contributed by atoms with Crippen LogP contribution in [0.3, 0.4) is 0 Å². The molecule has 0 spiro atoms. The summed E-state index contributed by atoms with van der Waals surface area (Å²) in [6, 6.07) is 18.9. The number of aromatic nitrogens is 2. The quantitative estimate of drug-likeness (QED) is 0.522. The second-order valence-corrected chi connectivity index (χ2v) is 6.92. The SMILES string of the molecule is NCCO[C@@H](Cc1cn(CCCc2ccccc2-c2ccccc2)cn1)C(=O)O. The fourth-order valence-corrected chi connectivity index (χ4v) is 3.34. The number of nitrogens with zero attached hydrogens (tertiary/aromatic N) is 2. The van der Waals surface area contributed by atoms with Crippen molar-refractivity contribution in [2.45, 2.75) is 31.9 Å². The summed E-state index contributed by atoms with van der Waals surface area (Å²) in [4.78, 5) is 15.6. The molecule has 0 fully saturated rings. The van der Waals surface area contributed by atoms with Gasteiger partial charge in [-0.1, -0.05) is 54.6 Å². The van der Waals surface area contributed by atoms with E-state index in [-0.39, 0.29) is 13.0 Å². The maximum Gasteiger partial charge on any atom is 0.333 e. The van der Waals surface area contributed by atoms with Gasteiger partial charge in [0.05, 0.1) is 18.6 Å². The number of aliphatic carboxylic acids is 1. The summed E-state index contributed by atoms with van der Waals surface area (Å²) in [6.45, 7) is 1.33. The average Bonchev–Trinajstić information content (AvgIpc) is 3.19. The Balaban J connectivity index is 1.57. The molecule has 29 heavy (non-hydrogen) atoms. The fourth-order valence-electron chi connectivity index (χ4n) is 3.34. The molecule has 0 saturated heterocycles. The van der Waals surface area contributed by atoms with E-state index in [1.54, 1.807) is 6.33 Å². The molecule has 2 aromatic carbocycles. The number of aryl methyl sites for hydroxylation is 2. The monoisotopic (exact) mass is 393 g/mol. The Morgan fingerprint density at radius 2 is 1.90 bits per heavy atom. The second-order valence-electron chi connectivity index (χ2n) is 6.92. The van der Waals surface area contributed by atoms with Gasteiger partial charge in [0.2, 0.25) is 0 Å². The minimum Gasteiger partial charge on any atom is -0.479 e. The zero-order valence-electron chi connectivity index (χ0n) is 16.4. The van der Waals surface area contributed by atoms with E-state index in [1.807, 2.05) is 16.8 Å². The Morgan fingerprint density at radius 1 is 1.14 bits per heavy atom. The summed E-state index contributed by atoms with van der Waals surface area (Å²) in [6.07, 6.45) is 4.88. The van der Waals surface area contributed by atoms with Gasteiger partial charge in [-0.2, -0.15) is 0 Å². The Morgan fingerprint density at radius 3 is 2.66 bits per heavy atom. The second kappa shape index (κ2) is 10.5. The van der Waals surface area contributed by atoms with Gasteiger partial charge in [0.1, 0.15) is 0 Å². The summed E-state index contributed by atoms with van der Waals surface area (Å²) < 4.78 is 7.29. The number of benzene rings is 2. The molecule has 3 N–H and O–H groups in total. The van der Waals surface area contributed by atoms with Crippen LogP contribution in [0.4, 0.5) is 0 Å². The van der Waals surface area contributed by atoms with Crippen molar-refractivity contribution in [1.82, 2.24) is 9.55 Å². The number of nitrogens with two attached hydrogens (primary N) is 1. The number of carboxylic acids is 1. The van der Waals surface area contributed by atoms with Gasteiger partial charge in [-0.25, -0.2) is 9.78 Å². The van der Waals surface area contributed by atoms with E-state index in [1.165, 1.54) is 16.7 Å². The van der Waals surface area contributed by atoms with E-state index in [0.29, 0.717) is 12.2 Å². The predicted molar refractivity (Wildman–Crippen MR) is 113 cm³/mol. The minimum absolute atomic E-state index is 0.221. The molecule has 0 saturated carbocycles. The lowest BCUT2D eigenvalue weighted by atomic mass is 9.97. The Labute approximate surface area is 171 Å². The summed E-state index contributed by atoms with van der Waals surface area (Å²) in [7, 11) is 0. The Hall–Kier alpha value is -2.96. The summed E-state index contributed by atoms with van der Waals surface area (Å²) in [5.74, 6) is -0.995. The van der Waals surface area contributed by atoms with Crippen LogP contribution in [0.1, 0.15) is 17.7 Å². The molecule has 1 atom stereocenters. The van der Waals surface area contributed by atoms with E-state index >= 15 is 0 Å². The average molecular weight is 393 g/mol. The first-order chi connectivity index (χ1) is 14.2. The van der Waals surface area contributed by atoms with Gasteiger partial charge in [0.15, 0.2) is 6.10 Å². The lowest BCUT2D eigenvalue weighted by Crippen LogP contribution is -2.28. The van der Waals surface area contributed by atoms with E-state index in [0.717, 1.165) is 19.4 Å². The van der Waals surface area contributed by atoms with Crippen LogP contribution in [-0.4, -0.2) is 39.9 Å². The molecule has 1 heterocycles. The van der Waals surface area contributed by atoms with Gasteiger partial charge in [-0.05, 0) is 29.5 Å². The number of hydrogen-bond acceptors (Lipinski definition) is 4. The first-order valence-corrected chi connectivity index (χ1v) is 9.86. The molecule has 0 radical (unpaired) electrons. The third-order valence-electron chi connectivity index (χ3n) is 4.76. The highest BCUT2D eigenvalue weighted by atomic mass is 16.5. The van der Waals surface area contributed by atoms with Gasteiger partial charge in [0, 0.05) is 25.7 Å². The molecule has 0 aliphatic heterocycles. The van der Waals surface area contributed by atoms with Crippen molar-refractivity contribution in [3.63, 3.8) is 0 Å². The highest BCUT2D eigenvalue weighted by molar-refractivity contribution is 5.72. The van der Waals surface area contributed by atoms with E-state index in [4.69, 9.17) is 10.5 Å². The van der Waals surface area contributed by atoms with E-state index in [2.05, 4.69) is 53.5 Å². The van der Waals surface area contributed by atoms with Crippen LogP contribution in [-0.2, 0) is 28.9 Å². The fraction of sp³-hybridized carbons (Fsp3) is 0.304. The molecule has 3 rings (SSSR count). The number of ether oxygens (including phenoxy) is 1. The molecular weight excluding hydrogens is 366 g/mol. The molecule has 6 heteroatoms. The molecule has 1 aromatic heterocycles. The standard InChI is InChI=1S/C23H27N3O3/c24-12-14-29-22(23(27)28)15-20-16-26(17-25-20)13-6-10-19-9-4-5-11-21(19)18-7-2-1-3-8-18/h1-5,7-9,11,16-17,22H,6,10,12-15,24H2,(H,27,28)/t22-/m0/s1. The summed E-state index contributed by atoms with van der Waals surface area (Å²) in [5, 5.41) is 9.26. The van der Waals surface area contributed by atoms with Crippen LogP contribution in [0.2, 0.25) is 0 Å². The van der Waals surface area contributed by atoms with Crippen LogP contribution in [0.5, 0.6) is 0 Å². The van der Waals surface area contributed by atoms with Crippen molar-refractivity contribution in [3.05, 3.63) is 78.4 Å². The Bertz CT molecular complexity index is 908. The van der Waals surface area contributed by atoms with Crippen molar-refractivity contribution in [2.24, 2.45) is 5.73 Å². The van der Waals surface area contributed by atoms with Crippen molar-refractivity contribution in [2.75, 3.05) is 13.2 Å². The molecule has 0 unspecified atom stereocenters. The largest absolute Gasteiger partial charge is 0.479 e. The Kier molecular flexibility index (Phi) is 7.55. The molecule has 6 nitrogen and oxygen atoms in total. The highest BCUT2D eigenvalue weighted by Gasteiger charge is 2.19. The van der Waals surface area contributed by atoms with Crippen LogP contribution in [0, 0.1) is 0 Å². The normalized spacial score (nSPS) is 12.0. The lowest BCUT2D eigenvalue weighted by Gasteiger charge is -2.11. The maximum absolute atomic E-state index is 11.3. The van der Waals surface area contributed by atoms with Gasteiger partial charge in [-0.15, -0.1) is 0 Å². The van der Waals surface area contributed by atoms with Gasteiger partial charge < -0.3 is 20.1 Å². The zero-order chi connectivity index (χ0) is 20.5. The maximum atomic E-state index is 11.3. The van der Waals surface area contributed by atoms with Crippen LogP contribution < -0.4 is 5.73 Å². The van der Waals surface area contributed by atoms with Crippen LogP contribution >= 0.6 is 0 Å². The molecule has 152 valence electrons. The smallest absolute Gasteiger partial charge is 0.333 e. The molecule has 0 aliphatic rings. The third-order valence-corrected chi connectivity index (χ3v) is 4.76. The van der Waals surface area contributed by atoms with Gasteiger partial charge in [-0.3, -0.25) is 0 Å². The van der Waals surface area contributed by atoms with E-state index < -0.39 is 12.1 Å². The highest BCUT2D eigenvalue weighted by Crippen LogP contribution is 2.24. The molecule has 0 bridgehead atoms. The van der Waals surface area contributed by atoms with Gasteiger partial charge in [0.25, 0.3) is 0 Å².